The number of fused-ring (bicyclic) bond motifs is 1. The van der Waals surface area contributed by atoms with E-state index in [1.54, 1.807) is 7.11 Å². The molecule has 0 aromatic heterocycles. The monoisotopic (exact) mass is 305 g/mol. The molecular formula is C18H27NO3. The molecular weight excluding hydrogens is 278 g/mol. The number of carbonyl (C=O) groups is 1. The Morgan fingerprint density at radius 3 is 2.95 bits per heavy atom. The maximum absolute atomic E-state index is 12.1. The first kappa shape index (κ1) is 17.0. The van der Waals surface area contributed by atoms with E-state index in [0.717, 1.165) is 19.3 Å². The van der Waals surface area contributed by atoms with Crippen molar-refractivity contribution < 1.29 is 14.3 Å². The summed E-state index contributed by atoms with van der Waals surface area (Å²) < 4.78 is 10.3. The van der Waals surface area contributed by atoms with Crippen molar-refractivity contribution in [1.29, 1.82) is 0 Å². The van der Waals surface area contributed by atoms with Crippen molar-refractivity contribution in [3.8, 4) is 0 Å². The molecule has 0 aliphatic heterocycles. The van der Waals surface area contributed by atoms with E-state index in [4.69, 9.17) is 9.47 Å². The van der Waals surface area contributed by atoms with Crippen LogP contribution in [0.2, 0.25) is 0 Å². The van der Waals surface area contributed by atoms with Crippen LogP contribution >= 0.6 is 0 Å². The number of aryl methyl sites for hydroxylation is 1. The van der Waals surface area contributed by atoms with Crippen molar-refractivity contribution in [3.63, 3.8) is 0 Å². The molecule has 0 fully saturated rings. The number of benzene rings is 1. The largest absolute Gasteiger partial charge is 0.382 e. The van der Waals surface area contributed by atoms with Gasteiger partial charge in [-0.05, 0) is 36.8 Å². The van der Waals surface area contributed by atoms with Gasteiger partial charge in [-0.3, -0.25) is 4.79 Å². The third-order valence-electron chi connectivity index (χ3n) is 4.08. The molecule has 122 valence electrons. The summed E-state index contributed by atoms with van der Waals surface area (Å²) in [5.74, 6) is 0.122. The Kier molecular flexibility index (Phi) is 7.40. The average Bonchev–Trinajstić information content (AvgIpc) is 2.73. The second kappa shape index (κ2) is 9.59. The van der Waals surface area contributed by atoms with E-state index in [1.165, 1.54) is 24.0 Å². The Morgan fingerprint density at radius 2 is 2.09 bits per heavy atom. The highest BCUT2D eigenvalue weighted by molar-refractivity contribution is 5.76. The lowest BCUT2D eigenvalue weighted by Crippen LogP contribution is -2.28. The summed E-state index contributed by atoms with van der Waals surface area (Å²) in [5.41, 5.74) is 2.68. The summed E-state index contributed by atoms with van der Waals surface area (Å²) in [5, 5.41) is 3.20. The predicted octanol–water partition coefficient (Wildman–Crippen LogP) is 3.01. The lowest BCUT2D eigenvalue weighted by atomic mass is 9.99. The molecule has 0 bridgehead atoms. The highest BCUT2D eigenvalue weighted by atomic mass is 16.5. The lowest BCUT2D eigenvalue weighted by molar-refractivity contribution is -0.122. The van der Waals surface area contributed by atoms with Crippen LogP contribution in [0, 0.1) is 0 Å². The molecule has 1 aromatic rings. The van der Waals surface area contributed by atoms with Crippen molar-refractivity contribution in [2.75, 3.05) is 26.9 Å². The Hall–Kier alpha value is -1.39. The van der Waals surface area contributed by atoms with E-state index in [-0.39, 0.29) is 11.9 Å². The first-order chi connectivity index (χ1) is 10.8. The smallest absolute Gasteiger partial charge is 0.220 e. The molecule has 4 nitrogen and oxygen atoms in total. The van der Waals surface area contributed by atoms with E-state index in [1.807, 2.05) is 0 Å². The molecule has 0 heterocycles. The number of carbonyl (C=O) groups excluding carboxylic acids is 1. The number of hydrogen-bond acceptors (Lipinski definition) is 3. The van der Waals surface area contributed by atoms with Crippen molar-refractivity contribution >= 4 is 5.91 Å². The van der Waals surface area contributed by atoms with Crippen LogP contribution in [0.1, 0.15) is 49.3 Å². The first-order valence-electron chi connectivity index (χ1n) is 8.25. The van der Waals surface area contributed by atoms with Gasteiger partial charge in [0.05, 0.1) is 19.3 Å². The van der Waals surface area contributed by atoms with Gasteiger partial charge >= 0.3 is 0 Å². The van der Waals surface area contributed by atoms with E-state index in [2.05, 4.69) is 29.6 Å². The number of methoxy groups -OCH3 is 1. The predicted molar refractivity (Wildman–Crippen MR) is 86.8 cm³/mol. The van der Waals surface area contributed by atoms with Crippen LogP contribution in [0.25, 0.3) is 0 Å². The van der Waals surface area contributed by atoms with Gasteiger partial charge in [0.15, 0.2) is 0 Å². The van der Waals surface area contributed by atoms with Gasteiger partial charge in [-0.25, -0.2) is 0 Å². The Bertz CT molecular complexity index is 461. The Labute approximate surface area is 133 Å². The van der Waals surface area contributed by atoms with Gasteiger partial charge < -0.3 is 14.8 Å². The fraction of sp³-hybridized carbons (Fsp3) is 0.611. The summed E-state index contributed by atoms with van der Waals surface area (Å²) in [4.78, 5) is 12.1. The lowest BCUT2D eigenvalue weighted by Gasteiger charge is -2.19. The molecule has 0 spiro atoms. The van der Waals surface area contributed by atoms with Gasteiger partial charge in [0.1, 0.15) is 0 Å². The zero-order valence-corrected chi connectivity index (χ0v) is 13.5. The fourth-order valence-corrected chi connectivity index (χ4v) is 2.92. The van der Waals surface area contributed by atoms with Gasteiger partial charge in [-0.2, -0.15) is 0 Å². The van der Waals surface area contributed by atoms with Crippen LogP contribution in [0.4, 0.5) is 0 Å². The normalized spacial score (nSPS) is 17.6. The number of hydrogen-bond donors (Lipinski definition) is 1. The van der Waals surface area contributed by atoms with E-state index >= 15 is 0 Å². The Morgan fingerprint density at radius 1 is 1.23 bits per heavy atom. The molecule has 0 saturated carbocycles. The minimum Gasteiger partial charge on any atom is -0.382 e. The summed E-state index contributed by atoms with van der Waals surface area (Å²) in [7, 11) is 1.65. The maximum atomic E-state index is 12.1. The van der Waals surface area contributed by atoms with Crippen LogP contribution in [0.15, 0.2) is 24.3 Å². The van der Waals surface area contributed by atoms with E-state index < -0.39 is 0 Å². The second-order valence-electron chi connectivity index (χ2n) is 5.77. The van der Waals surface area contributed by atoms with Gasteiger partial charge in [0, 0.05) is 20.1 Å². The molecule has 1 aliphatic carbocycles. The van der Waals surface area contributed by atoms with E-state index in [0.29, 0.717) is 26.2 Å². The number of amides is 1. The number of rotatable bonds is 8. The van der Waals surface area contributed by atoms with Crippen molar-refractivity contribution in [2.45, 2.75) is 44.6 Å². The third kappa shape index (κ3) is 5.43. The molecule has 2 rings (SSSR count). The minimum atomic E-state index is 0.122. The summed E-state index contributed by atoms with van der Waals surface area (Å²) in [6.07, 6.45) is 5.80. The SMILES string of the molecule is COCCOCCCC(=O)N[C@@H]1CCCCc2ccccc21. The van der Waals surface area contributed by atoms with Gasteiger partial charge in [0.2, 0.25) is 5.91 Å². The zero-order valence-electron chi connectivity index (χ0n) is 13.5. The quantitative estimate of drug-likeness (QED) is 0.593. The van der Waals surface area contributed by atoms with Crippen LogP contribution in [-0.4, -0.2) is 32.8 Å². The Balaban J connectivity index is 1.76. The molecule has 0 radical (unpaired) electrons. The number of ether oxygens (including phenoxy) is 2. The summed E-state index contributed by atoms with van der Waals surface area (Å²) >= 11 is 0. The summed E-state index contributed by atoms with van der Waals surface area (Å²) in [6, 6.07) is 8.65. The molecule has 1 aromatic carbocycles. The van der Waals surface area contributed by atoms with Crippen LogP contribution in [0.3, 0.4) is 0 Å². The highest BCUT2D eigenvalue weighted by Crippen LogP contribution is 2.28. The maximum Gasteiger partial charge on any atom is 0.220 e. The minimum absolute atomic E-state index is 0.122. The molecule has 1 atom stereocenters. The molecule has 0 unspecified atom stereocenters. The van der Waals surface area contributed by atoms with Crippen LogP contribution < -0.4 is 5.32 Å². The molecule has 1 N–H and O–H groups in total. The first-order valence-corrected chi connectivity index (χ1v) is 8.25. The molecule has 22 heavy (non-hydrogen) atoms. The topological polar surface area (TPSA) is 47.6 Å². The van der Waals surface area contributed by atoms with Gasteiger partial charge in [-0.15, -0.1) is 0 Å². The second-order valence-corrected chi connectivity index (χ2v) is 5.77. The molecule has 1 amide bonds. The van der Waals surface area contributed by atoms with Crippen LogP contribution in [0.5, 0.6) is 0 Å². The number of nitrogens with one attached hydrogen (secondary N) is 1. The fourth-order valence-electron chi connectivity index (χ4n) is 2.92. The highest BCUT2D eigenvalue weighted by Gasteiger charge is 2.19. The zero-order chi connectivity index (χ0) is 15.6. The summed E-state index contributed by atoms with van der Waals surface area (Å²) in [6.45, 7) is 1.80. The van der Waals surface area contributed by atoms with Crippen molar-refractivity contribution in [2.24, 2.45) is 0 Å². The third-order valence-corrected chi connectivity index (χ3v) is 4.08. The standard InChI is InChI=1S/C18H27NO3/c1-21-13-14-22-12-6-11-18(20)19-17-10-5-3-8-15-7-2-4-9-16(15)17/h2,4,7,9,17H,3,5-6,8,10-14H2,1H3,(H,19,20)/t17-/m1/s1. The molecule has 0 saturated heterocycles. The molecule has 4 heteroatoms. The van der Waals surface area contributed by atoms with Crippen LogP contribution in [-0.2, 0) is 20.7 Å². The average molecular weight is 305 g/mol. The molecule has 1 aliphatic rings. The van der Waals surface area contributed by atoms with Crippen molar-refractivity contribution in [3.05, 3.63) is 35.4 Å². The van der Waals surface area contributed by atoms with E-state index in [9.17, 15) is 4.79 Å². The van der Waals surface area contributed by atoms with Gasteiger partial charge in [-0.1, -0.05) is 30.7 Å². The van der Waals surface area contributed by atoms with Gasteiger partial charge in [0.25, 0.3) is 0 Å². The van der Waals surface area contributed by atoms with Crippen molar-refractivity contribution in [1.82, 2.24) is 5.32 Å².